The molecular formula is C27H42INO3. The van der Waals surface area contributed by atoms with Gasteiger partial charge in [0.2, 0.25) is 5.91 Å². The molecule has 0 fully saturated rings. The van der Waals surface area contributed by atoms with E-state index in [4.69, 9.17) is 0 Å². The summed E-state index contributed by atoms with van der Waals surface area (Å²) < 4.78 is 12.0. The van der Waals surface area contributed by atoms with Gasteiger partial charge < -0.3 is 0 Å². The number of aryl methyl sites for hydroxylation is 1. The van der Waals surface area contributed by atoms with Crippen LogP contribution in [0.1, 0.15) is 120 Å². The van der Waals surface area contributed by atoms with Gasteiger partial charge >= 0.3 is 0 Å². The van der Waals surface area contributed by atoms with Gasteiger partial charge in [0.1, 0.15) is 0 Å². The minimum absolute atomic E-state index is 0.377. The van der Waals surface area contributed by atoms with Crippen LogP contribution in [0.3, 0.4) is 0 Å². The van der Waals surface area contributed by atoms with Gasteiger partial charge in [-0.25, -0.2) is 0 Å². The number of carbonyl (C=O) groups is 2. The summed E-state index contributed by atoms with van der Waals surface area (Å²) in [6.45, 7) is 3.57. The zero-order valence-electron chi connectivity index (χ0n) is 20.1. The van der Waals surface area contributed by atoms with Gasteiger partial charge in [-0.2, -0.15) is 0 Å². The van der Waals surface area contributed by atoms with Crippen LogP contribution in [-0.2, 0) is 14.3 Å². The minimum Gasteiger partial charge on any atom is -0.293 e. The Morgan fingerprint density at radius 1 is 0.844 bits per heavy atom. The average molecular weight is 556 g/mol. The Labute approximate surface area is 205 Å². The number of hydrogen-bond donors (Lipinski definition) is 1. The topological polar surface area (TPSA) is 63.2 Å². The molecular weight excluding hydrogens is 513 g/mol. The predicted molar refractivity (Wildman–Crippen MR) is 141 cm³/mol. The lowest BCUT2D eigenvalue weighted by atomic mass is 10.0. The summed E-state index contributed by atoms with van der Waals surface area (Å²) in [7, 11) is 0. The molecule has 0 radical (unpaired) electrons. The quantitative estimate of drug-likeness (QED) is 0.113. The lowest BCUT2D eigenvalue weighted by Crippen LogP contribution is -2.28. The molecule has 0 bridgehead atoms. The van der Waals surface area contributed by atoms with Crippen molar-refractivity contribution in [2.45, 2.75) is 110 Å². The minimum atomic E-state index is -1.45. The van der Waals surface area contributed by atoms with E-state index < -0.39 is 33.0 Å². The maximum Gasteiger partial charge on any atom is 0.259 e. The molecule has 0 unspecified atom stereocenters. The molecule has 1 N–H and O–H groups in total. The second kappa shape index (κ2) is 19.1. The van der Waals surface area contributed by atoms with E-state index in [0.717, 1.165) is 31.2 Å². The summed E-state index contributed by atoms with van der Waals surface area (Å²) >= 11 is -1.45. The Balaban J connectivity index is 2.12. The van der Waals surface area contributed by atoms with Crippen LogP contribution in [-0.4, -0.2) is 11.8 Å². The van der Waals surface area contributed by atoms with Crippen molar-refractivity contribution in [2.75, 3.05) is 0 Å². The molecule has 0 aliphatic heterocycles. The van der Waals surface area contributed by atoms with Gasteiger partial charge in [-0.15, -0.1) is 0 Å². The second-order valence-corrected chi connectivity index (χ2v) is 10.2. The van der Waals surface area contributed by atoms with Crippen molar-refractivity contribution in [3.63, 3.8) is 0 Å². The predicted octanol–water partition coefficient (Wildman–Crippen LogP) is 8.03. The highest BCUT2D eigenvalue weighted by Crippen LogP contribution is 2.20. The number of imide groups is 1. The molecule has 0 aliphatic carbocycles. The molecule has 0 heterocycles. The van der Waals surface area contributed by atoms with Gasteiger partial charge in [0.05, 0.1) is 9.13 Å². The van der Waals surface area contributed by atoms with E-state index in [2.05, 4.69) is 24.4 Å². The SMILES string of the molecule is CCCCCCCCCCC=CCCCCCCc1ccc(I=O)c(C(=O)NC(C)=O)c1. The first kappa shape index (κ1) is 28.7. The van der Waals surface area contributed by atoms with Crippen LogP contribution in [0.5, 0.6) is 0 Å². The Bertz CT molecular complexity index is 715. The van der Waals surface area contributed by atoms with Gasteiger partial charge in [-0.05, 0) is 56.2 Å². The normalized spacial score (nSPS) is 11.2. The lowest BCUT2D eigenvalue weighted by molar-refractivity contribution is -0.118. The van der Waals surface area contributed by atoms with Crippen LogP contribution in [0.4, 0.5) is 0 Å². The first-order chi connectivity index (χ1) is 15.6. The van der Waals surface area contributed by atoms with Crippen LogP contribution >= 0.6 is 21.2 Å². The van der Waals surface area contributed by atoms with Gasteiger partial charge in [-0.3, -0.25) is 18.0 Å². The fourth-order valence-corrected chi connectivity index (χ4v) is 4.74. The number of allylic oxidation sites excluding steroid dienone is 2. The van der Waals surface area contributed by atoms with E-state index in [1.54, 1.807) is 12.1 Å². The first-order valence-corrected chi connectivity index (χ1v) is 14.4. The molecule has 0 spiro atoms. The van der Waals surface area contributed by atoms with E-state index in [0.29, 0.717) is 9.13 Å². The van der Waals surface area contributed by atoms with Gasteiger partial charge in [-0.1, -0.05) is 82.9 Å². The number of rotatable bonds is 18. The molecule has 1 aromatic rings. The number of nitrogens with one attached hydrogen (secondary N) is 1. The van der Waals surface area contributed by atoms with E-state index in [1.807, 2.05) is 6.07 Å². The lowest BCUT2D eigenvalue weighted by Gasteiger charge is -2.07. The largest absolute Gasteiger partial charge is 0.293 e. The summed E-state index contributed by atoms with van der Waals surface area (Å²) in [6.07, 6.45) is 23.7. The van der Waals surface area contributed by atoms with E-state index in [9.17, 15) is 12.7 Å². The van der Waals surface area contributed by atoms with E-state index in [1.165, 1.54) is 77.6 Å². The first-order valence-electron chi connectivity index (χ1n) is 12.5. The van der Waals surface area contributed by atoms with Crippen molar-refractivity contribution in [1.82, 2.24) is 5.32 Å². The number of halogens is 1. The standard InChI is InChI=1S/C27H42INO3/c1-3-4-5-6-7-8-9-10-11-12-13-14-15-16-17-18-19-24-20-21-26(28-32)25(22-24)27(31)29-23(2)30/h12-13,20-22H,3-11,14-19H2,1-2H3,(H,29,30,31). The number of unbranched alkanes of at least 4 members (excludes halogenated alkanes) is 12. The number of hydrogen-bond acceptors (Lipinski definition) is 3. The van der Waals surface area contributed by atoms with Crippen LogP contribution in [0.2, 0.25) is 0 Å². The summed E-state index contributed by atoms with van der Waals surface area (Å²) in [5.74, 6) is -0.856. The van der Waals surface area contributed by atoms with Crippen LogP contribution in [0.25, 0.3) is 0 Å². The summed E-state index contributed by atoms with van der Waals surface area (Å²) in [6, 6.07) is 5.51. The molecule has 180 valence electrons. The zero-order valence-corrected chi connectivity index (χ0v) is 22.3. The third kappa shape index (κ3) is 13.9. The zero-order chi connectivity index (χ0) is 23.4. The van der Waals surface area contributed by atoms with Crippen LogP contribution < -0.4 is 5.32 Å². The Morgan fingerprint density at radius 3 is 1.97 bits per heavy atom. The van der Waals surface area contributed by atoms with E-state index >= 15 is 0 Å². The highest BCUT2D eigenvalue weighted by Gasteiger charge is 2.13. The fourth-order valence-electron chi connectivity index (χ4n) is 3.77. The molecule has 0 aromatic heterocycles. The third-order valence-electron chi connectivity index (χ3n) is 5.63. The summed E-state index contributed by atoms with van der Waals surface area (Å²) in [5.41, 5.74) is 1.44. The molecule has 0 saturated heterocycles. The van der Waals surface area contributed by atoms with Gasteiger partial charge in [0.25, 0.3) is 5.91 Å². The molecule has 0 aliphatic rings. The monoisotopic (exact) mass is 555 g/mol. The van der Waals surface area contributed by atoms with Crippen molar-refractivity contribution in [3.8, 4) is 0 Å². The number of amides is 2. The third-order valence-corrected chi connectivity index (χ3v) is 7.04. The molecule has 1 aromatic carbocycles. The Hall–Kier alpha value is -1.37. The second-order valence-electron chi connectivity index (χ2n) is 8.59. The van der Waals surface area contributed by atoms with Crippen molar-refractivity contribution in [3.05, 3.63) is 45.0 Å². The Morgan fingerprint density at radius 2 is 1.41 bits per heavy atom. The van der Waals surface area contributed by atoms with Crippen molar-refractivity contribution in [1.29, 1.82) is 0 Å². The van der Waals surface area contributed by atoms with Gasteiger partial charge in [0, 0.05) is 6.92 Å². The van der Waals surface area contributed by atoms with Crippen LogP contribution in [0.15, 0.2) is 30.4 Å². The maximum atomic E-state index is 12.2. The molecule has 5 heteroatoms. The smallest absolute Gasteiger partial charge is 0.259 e. The molecule has 32 heavy (non-hydrogen) atoms. The Kier molecular flexibility index (Phi) is 17.1. The average Bonchev–Trinajstić information content (AvgIpc) is 2.78. The van der Waals surface area contributed by atoms with Crippen LogP contribution in [0, 0.1) is 3.57 Å². The van der Waals surface area contributed by atoms with Crippen molar-refractivity contribution in [2.24, 2.45) is 0 Å². The molecule has 2 amide bonds. The number of carbonyl (C=O) groups excluding carboxylic acids is 2. The fraction of sp³-hybridized carbons (Fsp3) is 0.630. The van der Waals surface area contributed by atoms with E-state index in [-0.39, 0.29) is 0 Å². The maximum absolute atomic E-state index is 12.2. The molecule has 1 rings (SSSR count). The molecule has 0 saturated carbocycles. The van der Waals surface area contributed by atoms with Crippen molar-refractivity contribution < 1.29 is 12.7 Å². The van der Waals surface area contributed by atoms with Crippen molar-refractivity contribution >= 4 is 33.0 Å². The highest BCUT2D eigenvalue weighted by atomic mass is 127. The molecule has 4 nitrogen and oxygen atoms in total. The molecule has 0 atom stereocenters. The summed E-state index contributed by atoms with van der Waals surface area (Å²) in [4.78, 5) is 23.3. The number of benzene rings is 1. The highest BCUT2D eigenvalue weighted by molar-refractivity contribution is 14.1. The summed E-state index contributed by atoms with van der Waals surface area (Å²) in [5, 5.41) is 2.28. The van der Waals surface area contributed by atoms with Gasteiger partial charge in [0.15, 0.2) is 21.2 Å².